The number of hydrogen-bond acceptors (Lipinski definition) is 2. The van der Waals surface area contributed by atoms with Crippen molar-refractivity contribution in [1.29, 1.82) is 0 Å². The fourth-order valence-corrected chi connectivity index (χ4v) is 2.85. The molecule has 1 heterocycles. The molecule has 19 heavy (non-hydrogen) atoms. The SMILES string of the molecule is O=C1N=NC(=O)N1c1cccc(CC2CCCC2)c1. The standard InChI is InChI=1S/C14H15N3O2/c18-13-15-16-14(19)17(13)12-7-3-6-11(9-12)8-10-4-1-2-5-10/h3,6-7,9-10H,1-2,4-5,8H2. The van der Waals surface area contributed by atoms with Crippen LogP contribution in [0.3, 0.4) is 0 Å². The van der Waals surface area contributed by atoms with Gasteiger partial charge in [-0.25, -0.2) is 14.5 Å². The molecule has 1 aliphatic heterocycles. The molecule has 1 fully saturated rings. The molecule has 0 atom stereocenters. The molecule has 3 rings (SSSR count). The van der Waals surface area contributed by atoms with Gasteiger partial charge < -0.3 is 0 Å². The molecule has 98 valence electrons. The third-order valence-electron chi connectivity index (χ3n) is 3.77. The molecule has 5 heteroatoms. The maximum absolute atomic E-state index is 11.5. The maximum Gasteiger partial charge on any atom is 0.375 e. The van der Waals surface area contributed by atoms with Crippen molar-refractivity contribution in [3.63, 3.8) is 0 Å². The Labute approximate surface area is 111 Å². The van der Waals surface area contributed by atoms with Crippen molar-refractivity contribution >= 4 is 17.7 Å². The van der Waals surface area contributed by atoms with Gasteiger partial charge in [-0.3, -0.25) is 0 Å². The summed E-state index contributed by atoms with van der Waals surface area (Å²) in [6.45, 7) is 0. The van der Waals surface area contributed by atoms with Crippen LogP contribution in [0, 0.1) is 5.92 Å². The normalized spacial score (nSPS) is 19.7. The molecule has 5 nitrogen and oxygen atoms in total. The number of anilines is 1. The van der Waals surface area contributed by atoms with Gasteiger partial charge >= 0.3 is 12.1 Å². The summed E-state index contributed by atoms with van der Waals surface area (Å²) in [6, 6.07) is 6.33. The van der Waals surface area contributed by atoms with Crippen molar-refractivity contribution in [3.8, 4) is 0 Å². The van der Waals surface area contributed by atoms with Gasteiger partial charge in [0.1, 0.15) is 0 Å². The predicted octanol–water partition coefficient (Wildman–Crippen LogP) is 3.93. The maximum atomic E-state index is 11.5. The van der Waals surface area contributed by atoms with Gasteiger partial charge in [0.05, 0.1) is 5.69 Å². The number of nitrogens with zero attached hydrogens (tertiary/aromatic N) is 3. The van der Waals surface area contributed by atoms with Gasteiger partial charge in [-0.05, 0) is 30.0 Å². The smallest absolute Gasteiger partial charge is 0.243 e. The molecule has 1 aliphatic carbocycles. The van der Waals surface area contributed by atoms with Crippen LogP contribution in [0.5, 0.6) is 0 Å². The first kappa shape index (κ1) is 12.0. The van der Waals surface area contributed by atoms with Crippen LogP contribution in [0.15, 0.2) is 34.5 Å². The van der Waals surface area contributed by atoms with Crippen LogP contribution in [-0.2, 0) is 6.42 Å². The highest BCUT2D eigenvalue weighted by Crippen LogP contribution is 2.29. The molecule has 0 unspecified atom stereocenters. The molecular formula is C14H15N3O2. The van der Waals surface area contributed by atoms with Crippen LogP contribution < -0.4 is 4.90 Å². The van der Waals surface area contributed by atoms with Crippen LogP contribution in [0.2, 0.25) is 0 Å². The Morgan fingerprint density at radius 2 is 1.79 bits per heavy atom. The Hall–Kier alpha value is -2.04. The first-order valence-corrected chi connectivity index (χ1v) is 6.63. The number of rotatable bonds is 3. The van der Waals surface area contributed by atoms with E-state index in [1.807, 2.05) is 18.2 Å². The molecule has 0 bridgehead atoms. The summed E-state index contributed by atoms with van der Waals surface area (Å²) in [5.74, 6) is 0.731. The van der Waals surface area contributed by atoms with Gasteiger partial charge in [0.2, 0.25) is 0 Å². The molecular weight excluding hydrogens is 242 g/mol. The van der Waals surface area contributed by atoms with Gasteiger partial charge in [-0.2, -0.15) is 0 Å². The highest BCUT2D eigenvalue weighted by molar-refractivity contribution is 6.17. The average Bonchev–Trinajstić information content (AvgIpc) is 3.00. The van der Waals surface area contributed by atoms with E-state index < -0.39 is 12.1 Å². The highest BCUT2D eigenvalue weighted by Gasteiger charge is 2.29. The summed E-state index contributed by atoms with van der Waals surface area (Å²) < 4.78 is 0. The number of hydrogen-bond donors (Lipinski definition) is 0. The molecule has 0 spiro atoms. The fraction of sp³-hybridized carbons (Fsp3) is 0.429. The molecule has 0 radical (unpaired) electrons. The first-order valence-electron chi connectivity index (χ1n) is 6.63. The first-order chi connectivity index (χ1) is 9.24. The summed E-state index contributed by atoms with van der Waals surface area (Å²) >= 11 is 0. The Kier molecular flexibility index (Phi) is 3.11. The zero-order chi connectivity index (χ0) is 13.2. The van der Waals surface area contributed by atoms with E-state index in [1.165, 1.54) is 25.7 Å². The second-order valence-electron chi connectivity index (χ2n) is 5.13. The monoisotopic (exact) mass is 257 g/mol. The van der Waals surface area contributed by atoms with Crippen LogP contribution in [-0.4, -0.2) is 12.1 Å². The van der Waals surface area contributed by atoms with Gasteiger partial charge in [0.15, 0.2) is 0 Å². The average molecular weight is 257 g/mol. The van der Waals surface area contributed by atoms with Crippen molar-refractivity contribution < 1.29 is 9.59 Å². The molecule has 1 aromatic carbocycles. The van der Waals surface area contributed by atoms with Crippen LogP contribution in [0.25, 0.3) is 0 Å². The van der Waals surface area contributed by atoms with Gasteiger partial charge in [0, 0.05) is 0 Å². The van der Waals surface area contributed by atoms with Crippen LogP contribution in [0.4, 0.5) is 15.3 Å². The number of carbonyl (C=O) groups is 2. The second-order valence-corrected chi connectivity index (χ2v) is 5.13. The quantitative estimate of drug-likeness (QED) is 0.823. The number of benzene rings is 1. The van der Waals surface area contributed by atoms with Gasteiger partial charge in [-0.15, -0.1) is 0 Å². The summed E-state index contributed by atoms with van der Waals surface area (Å²) in [5.41, 5.74) is 1.73. The zero-order valence-electron chi connectivity index (χ0n) is 10.6. The number of urea groups is 2. The lowest BCUT2D eigenvalue weighted by Crippen LogP contribution is -2.27. The molecule has 2 aliphatic rings. The van der Waals surface area contributed by atoms with E-state index in [2.05, 4.69) is 10.2 Å². The summed E-state index contributed by atoms with van der Waals surface area (Å²) in [7, 11) is 0. The van der Waals surface area contributed by atoms with E-state index in [4.69, 9.17) is 0 Å². The molecule has 1 aromatic rings. The summed E-state index contributed by atoms with van der Waals surface area (Å²) in [4.78, 5) is 24.0. The summed E-state index contributed by atoms with van der Waals surface area (Å²) in [5, 5.41) is 6.54. The lowest BCUT2D eigenvalue weighted by atomic mass is 9.98. The number of carbonyl (C=O) groups excluding carboxylic acids is 2. The number of azo groups is 1. The number of amides is 4. The van der Waals surface area contributed by atoms with E-state index >= 15 is 0 Å². The minimum atomic E-state index is -0.608. The van der Waals surface area contributed by atoms with Crippen molar-refractivity contribution in [2.75, 3.05) is 4.90 Å². The van der Waals surface area contributed by atoms with Crippen molar-refractivity contribution in [2.24, 2.45) is 16.1 Å². The highest BCUT2D eigenvalue weighted by atomic mass is 16.2. The minimum absolute atomic E-state index is 0.565. The lowest BCUT2D eigenvalue weighted by Gasteiger charge is -2.13. The number of imide groups is 1. The largest absolute Gasteiger partial charge is 0.375 e. The van der Waals surface area contributed by atoms with Crippen LogP contribution >= 0.6 is 0 Å². The fourth-order valence-electron chi connectivity index (χ4n) is 2.85. The Morgan fingerprint density at radius 1 is 1.11 bits per heavy atom. The Balaban J connectivity index is 1.79. The topological polar surface area (TPSA) is 62.1 Å². The third kappa shape index (κ3) is 2.41. The predicted molar refractivity (Wildman–Crippen MR) is 70.2 cm³/mol. The third-order valence-corrected chi connectivity index (χ3v) is 3.77. The van der Waals surface area contributed by atoms with E-state index in [0.717, 1.165) is 22.8 Å². The van der Waals surface area contributed by atoms with Crippen molar-refractivity contribution in [3.05, 3.63) is 29.8 Å². The van der Waals surface area contributed by atoms with Crippen molar-refractivity contribution in [2.45, 2.75) is 32.1 Å². The second kappa shape index (κ2) is 4.91. The van der Waals surface area contributed by atoms with E-state index in [9.17, 15) is 9.59 Å². The summed E-state index contributed by atoms with van der Waals surface area (Å²) in [6.07, 6.45) is 6.18. The molecule has 4 amide bonds. The van der Waals surface area contributed by atoms with Crippen molar-refractivity contribution in [1.82, 2.24) is 0 Å². The van der Waals surface area contributed by atoms with E-state index in [0.29, 0.717) is 5.69 Å². The molecule has 0 N–H and O–H groups in total. The minimum Gasteiger partial charge on any atom is -0.243 e. The Morgan fingerprint density at radius 3 is 2.47 bits per heavy atom. The Bertz CT molecular complexity index is 529. The molecule has 1 saturated carbocycles. The zero-order valence-corrected chi connectivity index (χ0v) is 10.6. The molecule has 0 aromatic heterocycles. The van der Waals surface area contributed by atoms with E-state index in [-0.39, 0.29) is 0 Å². The van der Waals surface area contributed by atoms with E-state index in [1.54, 1.807) is 6.07 Å². The lowest BCUT2D eigenvalue weighted by molar-refractivity contribution is 0.249. The van der Waals surface area contributed by atoms with Gasteiger partial charge in [-0.1, -0.05) is 48.0 Å². The van der Waals surface area contributed by atoms with Gasteiger partial charge in [0.25, 0.3) is 0 Å². The molecule has 0 saturated heterocycles. The van der Waals surface area contributed by atoms with Crippen LogP contribution in [0.1, 0.15) is 31.2 Å².